The predicted molar refractivity (Wildman–Crippen MR) is 62.7 cm³/mol. The first-order valence-electron chi connectivity index (χ1n) is 5.45. The molecule has 0 aliphatic rings. The van der Waals surface area contributed by atoms with Crippen LogP contribution < -0.4 is 5.32 Å². The molecule has 2 nitrogen and oxygen atoms in total. The highest BCUT2D eigenvalue weighted by Crippen LogP contribution is 2.08. The van der Waals surface area contributed by atoms with Gasteiger partial charge in [-0.15, -0.1) is 0 Å². The Morgan fingerprint density at radius 2 is 1.80 bits per heavy atom. The summed E-state index contributed by atoms with van der Waals surface area (Å²) in [5.74, 6) is 0.136. The number of nitrogens with one attached hydrogen (secondary N) is 1. The molecule has 0 aliphatic carbocycles. The van der Waals surface area contributed by atoms with Crippen LogP contribution in [0.3, 0.4) is 0 Å². The fourth-order valence-electron chi connectivity index (χ4n) is 1.69. The first-order valence-corrected chi connectivity index (χ1v) is 5.45. The summed E-state index contributed by atoms with van der Waals surface area (Å²) >= 11 is 0. The van der Waals surface area contributed by atoms with Gasteiger partial charge in [-0.2, -0.15) is 0 Å². The van der Waals surface area contributed by atoms with Crippen LogP contribution in [0.5, 0.6) is 0 Å². The van der Waals surface area contributed by atoms with E-state index in [-0.39, 0.29) is 5.91 Å². The van der Waals surface area contributed by atoms with Crippen LogP contribution in [0, 0.1) is 13.8 Å². The average molecular weight is 205 g/mol. The van der Waals surface area contributed by atoms with Gasteiger partial charge in [0.05, 0.1) is 0 Å². The normalized spacial score (nSPS) is 10.1. The van der Waals surface area contributed by atoms with E-state index in [1.54, 1.807) is 0 Å². The van der Waals surface area contributed by atoms with Gasteiger partial charge in [-0.1, -0.05) is 36.2 Å². The van der Waals surface area contributed by atoms with Crippen LogP contribution >= 0.6 is 0 Å². The molecule has 0 spiro atoms. The molecular weight excluding hydrogens is 186 g/mol. The summed E-state index contributed by atoms with van der Waals surface area (Å²) in [6.07, 6.45) is 1.52. The zero-order chi connectivity index (χ0) is 11.3. The quantitative estimate of drug-likeness (QED) is 0.804. The Morgan fingerprint density at radius 1 is 1.20 bits per heavy atom. The zero-order valence-electron chi connectivity index (χ0n) is 9.76. The maximum absolute atomic E-state index is 11.3. The summed E-state index contributed by atoms with van der Waals surface area (Å²) in [4.78, 5) is 11.3. The van der Waals surface area contributed by atoms with E-state index < -0.39 is 0 Å². The van der Waals surface area contributed by atoms with E-state index in [9.17, 15) is 4.79 Å². The van der Waals surface area contributed by atoms with Gasteiger partial charge >= 0.3 is 0 Å². The highest BCUT2D eigenvalue weighted by Gasteiger charge is 2.00. The summed E-state index contributed by atoms with van der Waals surface area (Å²) in [7, 11) is 0. The third-order valence-electron chi connectivity index (χ3n) is 2.25. The van der Waals surface area contributed by atoms with Crippen molar-refractivity contribution >= 4 is 5.91 Å². The van der Waals surface area contributed by atoms with Gasteiger partial charge in [-0.25, -0.2) is 0 Å². The van der Waals surface area contributed by atoms with Gasteiger partial charge in [0.2, 0.25) is 5.91 Å². The molecule has 0 aliphatic heterocycles. The summed E-state index contributed by atoms with van der Waals surface area (Å²) in [6, 6.07) is 6.36. The van der Waals surface area contributed by atoms with Crippen molar-refractivity contribution in [2.45, 2.75) is 40.2 Å². The molecule has 2 heteroatoms. The lowest BCUT2D eigenvalue weighted by Crippen LogP contribution is -2.22. The Morgan fingerprint density at radius 3 is 2.33 bits per heavy atom. The highest BCUT2D eigenvalue weighted by atomic mass is 16.1. The minimum Gasteiger partial charge on any atom is -0.352 e. The van der Waals surface area contributed by atoms with E-state index in [0.29, 0.717) is 13.0 Å². The van der Waals surface area contributed by atoms with Gasteiger partial charge in [-0.3, -0.25) is 4.79 Å². The summed E-state index contributed by atoms with van der Waals surface area (Å²) in [5, 5.41) is 2.92. The molecule has 82 valence electrons. The van der Waals surface area contributed by atoms with Gasteiger partial charge in [0.15, 0.2) is 0 Å². The van der Waals surface area contributed by atoms with Gasteiger partial charge in [0, 0.05) is 13.0 Å². The topological polar surface area (TPSA) is 29.1 Å². The smallest absolute Gasteiger partial charge is 0.220 e. The molecule has 0 saturated heterocycles. The van der Waals surface area contributed by atoms with Crippen LogP contribution in [0.4, 0.5) is 0 Å². The fraction of sp³-hybridized carbons (Fsp3) is 0.462. The molecule has 1 amide bonds. The Hall–Kier alpha value is -1.31. The van der Waals surface area contributed by atoms with Crippen LogP contribution in [0.1, 0.15) is 36.5 Å². The molecule has 0 heterocycles. The molecular formula is C13H19NO. The summed E-state index contributed by atoms with van der Waals surface area (Å²) in [5.41, 5.74) is 3.67. The van der Waals surface area contributed by atoms with Crippen molar-refractivity contribution in [1.82, 2.24) is 5.32 Å². The van der Waals surface area contributed by atoms with Gasteiger partial charge < -0.3 is 5.32 Å². The lowest BCUT2D eigenvalue weighted by Gasteiger charge is -2.06. The molecule has 0 fully saturated rings. The van der Waals surface area contributed by atoms with E-state index >= 15 is 0 Å². The zero-order valence-corrected chi connectivity index (χ0v) is 9.76. The van der Waals surface area contributed by atoms with E-state index in [2.05, 4.69) is 37.4 Å². The molecule has 0 bridgehead atoms. The Labute approximate surface area is 91.7 Å². The second-order valence-corrected chi connectivity index (χ2v) is 4.02. The van der Waals surface area contributed by atoms with Crippen LogP contribution in [0.15, 0.2) is 18.2 Å². The maximum Gasteiger partial charge on any atom is 0.220 e. The number of rotatable bonds is 4. The molecule has 0 saturated carbocycles. The first kappa shape index (κ1) is 11.8. The summed E-state index contributed by atoms with van der Waals surface area (Å²) < 4.78 is 0. The monoisotopic (exact) mass is 205 g/mol. The third kappa shape index (κ3) is 4.15. The largest absolute Gasteiger partial charge is 0.352 e. The third-order valence-corrected chi connectivity index (χ3v) is 2.25. The minimum atomic E-state index is 0.136. The molecule has 1 aromatic carbocycles. The molecule has 0 aromatic heterocycles. The number of hydrogen-bond donors (Lipinski definition) is 1. The molecule has 0 radical (unpaired) electrons. The SMILES string of the molecule is CCCC(=O)NCc1cc(C)cc(C)c1. The maximum atomic E-state index is 11.3. The Kier molecular flexibility index (Phi) is 4.35. The van der Waals surface area contributed by atoms with E-state index in [1.165, 1.54) is 16.7 Å². The Balaban J connectivity index is 2.54. The van der Waals surface area contributed by atoms with E-state index in [1.807, 2.05) is 6.92 Å². The fourth-order valence-corrected chi connectivity index (χ4v) is 1.69. The number of amides is 1. The van der Waals surface area contributed by atoms with E-state index in [0.717, 1.165) is 6.42 Å². The molecule has 1 aromatic rings. The van der Waals surface area contributed by atoms with Crippen molar-refractivity contribution in [3.63, 3.8) is 0 Å². The number of carbonyl (C=O) groups is 1. The van der Waals surface area contributed by atoms with Crippen LogP contribution in [0.25, 0.3) is 0 Å². The van der Waals surface area contributed by atoms with Crippen molar-refractivity contribution in [2.75, 3.05) is 0 Å². The summed E-state index contributed by atoms with van der Waals surface area (Å²) in [6.45, 7) is 6.80. The van der Waals surface area contributed by atoms with Crippen molar-refractivity contribution in [3.05, 3.63) is 34.9 Å². The predicted octanol–water partition coefficient (Wildman–Crippen LogP) is 2.72. The van der Waals surface area contributed by atoms with Crippen LogP contribution in [-0.2, 0) is 11.3 Å². The molecule has 1 rings (SSSR count). The van der Waals surface area contributed by atoms with Crippen molar-refractivity contribution < 1.29 is 4.79 Å². The molecule has 15 heavy (non-hydrogen) atoms. The molecule has 0 unspecified atom stereocenters. The number of carbonyl (C=O) groups excluding carboxylic acids is 1. The number of aryl methyl sites for hydroxylation is 2. The molecule has 1 N–H and O–H groups in total. The number of benzene rings is 1. The lowest BCUT2D eigenvalue weighted by molar-refractivity contribution is -0.121. The van der Waals surface area contributed by atoms with Crippen LogP contribution in [0.2, 0.25) is 0 Å². The second kappa shape index (κ2) is 5.54. The van der Waals surface area contributed by atoms with Crippen molar-refractivity contribution in [3.8, 4) is 0 Å². The lowest BCUT2D eigenvalue weighted by atomic mass is 10.1. The highest BCUT2D eigenvalue weighted by molar-refractivity contribution is 5.75. The number of hydrogen-bond acceptors (Lipinski definition) is 1. The van der Waals surface area contributed by atoms with Crippen molar-refractivity contribution in [1.29, 1.82) is 0 Å². The molecule has 0 atom stereocenters. The van der Waals surface area contributed by atoms with Gasteiger partial charge in [-0.05, 0) is 25.8 Å². The average Bonchev–Trinajstić information content (AvgIpc) is 2.14. The van der Waals surface area contributed by atoms with Crippen molar-refractivity contribution in [2.24, 2.45) is 0 Å². The minimum absolute atomic E-state index is 0.136. The van der Waals surface area contributed by atoms with Gasteiger partial charge in [0.25, 0.3) is 0 Å². The standard InChI is InChI=1S/C13H19NO/c1-4-5-13(15)14-9-12-7-10(2)6-11(3)8-12/h6-8H,4-5,9H2,1-3H3,(H,14,15). The van der Waals surface area contributed by atoms with Gasteiger partial charge in [0.1, 0.15) is 0 Å². The van der Waals surface area contributed by atoms with E-state index in [4.69, 9.17) is 0 Å². The first-order chi connectivity index (χ1) is 7.11. The second-order valence-electron chi connectivity index (χ2n) is 4.02. The van der Waals surface area contributed by atoms with Crippen LogP contribution in [-0.4, -0.2) is 5.91 Å². The Bertz CT molecular complexity index is 324.